The van der Waals surface area contributed by atoms with Gasteiger partial charge in [0.05, 0.1) is 19.2 Å². The first-order chi connectivity index (χ1) is 17.2. The first kappa shape index (κ1) is 23.7. The van der Waals surface area contributed by atoms with Crippen molar-refractivity contribution in [3.63, 3.8) is 0 Å². The molecule has 1 N–H and O–H groups in total. The standard InChI is InChI=1S/C26H32N6O2S/c1-3-24(25-28-29-30-32(25)20-8-5-4-6-9-20)31(17-22-10-7-13-35-22)16-19-14-18-15-21(34-2)11-12-23(18)27-26(19)33/h7,10-15,20,24H,3-6,8-9,16-17H2,1-2H3,(H,27,33)/t24-/m0/s1. The molecule has 0 radical (unpaired) electrons. The van der Waals surface area contributed by atoms with Crippen LogP contribution in [0.3, 0.4) is 0 Å². The Bertz CT molecular complexity index is 1310. The molecule has 8 nitrogen and oxygen atoms in total. The van der Waals surface area contributed by atoms with E-state index in [-0.39, 0.29) is 11.6 Å². The summed E-state index contributed by atoms with van der Waals surface area (Å²) in [5, 5.41) is 16.1. The molecular weight excluding hydrogens is 460 g/mol. The van der Waals surface area contributed by atoms with Crippen LogP contribution in [0.15, 0.2) is 46.6 Å². The molecule has 5 rings (SSSR count). The summed E-state index contributed by atoms with van der Waals surface area (Å²) in [5.74, 6) is 1.67. The summed E-state index contributed by atoms with van der Waals surface area (Å²) < 4.78 is 7.45. The summed E-state index contributed by atoms with van der Waals surface area (Å²) in [6, 6.07) is 12.2. The van der Waals surface area contributed by atoms with Gasteiger partial charge in [0.2, 0.25) is 0 Å². The van der Waals surface area contributed by atoms with E-state index in [1.165, 1.54) is 24.1 Å². The van der Waals surface area contributed by atoms with Crippen LogP contribution in [0.25, 0.3) is 10.9 Å². The van der Waals surface area contributed by atoms with Crippen LogP contribution in [-0.2, 0) is 13.1 Å². The maximum absolute atomic E-state index is 13.1. The maximum atomic E-state index is 13.1. The number of methoxy groups -OCH3 is 1. The Hall–Kier alpha value is -3.04. The predicted octanol–water partition coefficient (Wildman–Crippen LogP) is 5.24. The molecule has 1 aromatic carbocycles. The van der Waals surface area contributed by atoms with Crippen molar-refractivity contribution < 1.29 is 4.74 Å². The Morgan fingerprint density at radius 2 is 2.06 bits per heavy atom. The summed E-state index contributed by atoms with van der Waals surface area (Å²) in [6.45, 7) is 3.39. The van der Waals surface area contributed by atoms with Crippen molar-refractivity contribution in [3.8, 4) is 5.75 Å². The van der Waals surface area contributed by atoms with Crippen molar-refractivity contribution in [1.82, 2.24) is 30.1 Å². The van der Waals surface area contributed by atoms with Crippen LogP contribution in [0.4, 0.5) is 0 Å². The fourth-order valence-corrected chi connectivity index (χ4v) is 5.91. The van der Waals surface area contributed by atoms with Crippen molar-refractivity contribution in [2.75, 3.05) is 7.11 Å². The summed E-state index contributed by atoms with van der Waals surface area (Å²) >= 11 is 1.73. The number of tetrazole rings is 1. The number of fused-ring (bicyclic) bond motifs is 1. The van der Waals surface area contributed by atoms with E-state index in [0.29, 0.717) is 12.6 Å². The minimum atomic E-state index is -0.0689. The van der Waals surface area contributed by atoms with Gasteiger partial charge in [0.15, 0.2) is 5.82 Å². The molecule has 0 bridgehead atoms. The van der Waals surface area contributed by atoms with Crippen LogP contribution in [0.2, 0.25) is 0 Å². The van der Waals surface area contributed by atoms with Crippen LogP contribution in [0.5, 0.6) is 5.75 Å². The van der Waals surface area contributed by atoms with Crippen molar-refractivity contribution in [1.29, 1.82) is 0 Å². The summed E-state index contributed by atoms with van der Waals surface area (Å²) in [5.41, 5.74) is 1.45. The predicted molar refractivity (Wildman–Crippen MR) is 138 cm³/mol. The number of pyridine rings is 1. The average molecular weight is 493 g/mol. The highest BCUT2D eigenvalue weighted by Crippen LogP contribution is 2.33. The number of nitrogens with one attached hydrogen (secondary N) is 1. The number of aromatic nitrogens is 5. The Morgan fingerprint density at radius 1 is 1.20 bits per heavy atom. The van der Waals surface area contributed by atoms with Gasteiger partial charge in [0.25, 0.3) is 5.56 Å². The topological polar surface area (TPSA) is 88.9 Å². The lowest BCUT2D eigenvalue weighted by Crippen LogP contribution is -2.33. The monoisotopic (exact) mass is 492 g/mol. The molecule has 3 aromatic heterocycles. The van der Waals surface area contributed by atoms with E-state index in [0.717, 1.165) is 53.8 Å². The molecule has 1 fully saturated rings. The van der Waals surface area contributed by atoms with Gasteiger partial charge in [-0.25, -0.2) is 4.68 Å². The number of H-pyrrole nitrogens is 1. The van der Waals surface area contributed by atoms with Crippen LogP contribution in [0.1, 0.15) is 73.8 Å². The third kappa shape index (κ3) is 5.16. The van der Waals surface area contributed by atoms with Gasteiger partial charge < -0.3 is 9.72 Å². The van der Waals surface area contributed by atoms with Gasteiger partial charge in [-0.3, -0.25) is 9.69 Å². The Labute approximate surface area is 208 Å². The van der Waals surface area contributed by atoms with E-state index in [1.54, 1.807) is 18.4 Å². The van der Waals surface area contributed by atoms with Crippen LogP contribution in [-0.4, -0.2) is 37.2 Å². The van der Waals surface area contributed by atoms with E-state index in [1.807, 2.05) is 24.3 Å². The van der Waals surface area contributed by atoms with E-state index < -0.39 is 0 Å². The molecule has 9 heteroatoms. The zero-order valence-corrected chi connectivity index (χ0v) is 21.1. The van der Waals surface area contributed by atoms with E-state index in [2.05, 4.69) is 54.5 Å². The number of hydrogen-bond acceptors (Lipinski definition) is 7. The molecule has 0 aliphatic heterocycles. The number of benzene rings is 1. The van der Waals surface area contributed by atoms with Gasteiger partial charge in [-0.1, -0.05) is 32.3 Å². The molecule has 1 aliphatic rings. The SMILES string of the molecule is CC[C@@H](c1nnnn1C1CCCCC1)N(Cc1cccs1)Cc1cc2cc(OC)ccc2[nH]c1=O. The highest BCUT2D eigenvalue weighted by atomic mass is 32.1. The van der Waals surface area contributed by atoms with Crippen LogP contribution < -0.4 is 10.3 Å². The second kappa shape index (κ2) is 10.7. The highest BCUT2D eigenvalue weighted by Gasteiger charge is 2.29. The Balaban J connectivity index is 1.51. The molecule has 184 valence electrons. The zero-order valence-electron chi connectivity index (χ0n) is 20.3. The minimum absolute atomic E-state index is 0.00515. The number of hydrogen-bond donors (Lipinski definition) is 1. The van der Waals surface area contributed by atoms with Gasteiger partial charge in [-0.2, -0.15) is 0 Å². The first-order valence-electron chi connectivity index (χ1n) is 12.4. The van der Waals surface area contributed by atoms with Gasteiger partial charge >= 0.3 is 0 Å². The van der Waals surface area contributed by atoms with Crippen molar-refractivity contribution in [2.24, 2.45) is 0 Å². The lowest BCUT2D eigenvalue weighted by Gasteiger charge is -2.31. The summed E-state index contributed by atoms with van der Waals surface area (Å²) in [6.07, 6.45) is 6.80. The lowest BCUT2D eigenvalue weighted by molar-refractivity contribution is 0.157. The average Bonchev–Trinajstić information content (AvgIpc) is 3.58. The van der Waals surface area contributed by atoms with Gasteiger partial charge in [0, 0.05) is 34.4 Å². The van der Waals surface area contributed by atoms with Gasteiger partial charge in [-0.05, 0) is 65.4 Å². The third-order valence-electron chi connectivity index (χ3n) is 7.01. The lowest BCUT2D eigenvalue weighted by atomic mass is 9.95. The number of aromatic amines is 1. The Morgan fingerprint density at radius 3 is 2.80 bits per heavy atom. The van der Waals surface area contributed by atoms with Crippen LogP contribution >= 0.6 is 11.3 Å². The molecule has 0 saturated heterocycles. The molecule has 0 amide bonds. The van der Waals surface area contributed by atoms with Gasteiger partial charge in [-0.15, -0.1) is 16.4 Å². The largest absolute Gasteiger partial charge is 0.497 e. The molecule has 1 atom stereocenters. The van der Waals surface area contributed by atoms with E-state index in [4.69, 9.17) is 4.74 Å². The second-order valence-electron chi connectivity index (χ2n) is 9.26. The summed E-state index contributed by atoms with van der Waals surface area (Å²) in [4.78, 5) is 19.7. The van der Waals surface area contributed by atoms with Gasteiger partial charge in [0.1, 0.15) is 5.75 Å². The van der Waals surface area contributed by atoms with Crippen molar-refractivity contribution >= 4 is 22.2 Å². The number of thiophene rings is 1. The molecule has 4 aromatic rings. The molecule has 35 heavy (non-hydrogen) atoms. The summed E-state index contributed by atoms with van der Waals surface area (Å²) in [7, 11) is 1.65. The fourth-order valence-electron chi connectivity index (χ4n) is 5.18. The third-order valence-corrected chi connectivity index (χ3v) is 7.87. The molecule has 1 saturated carbocycles. The fraction of sp³-hybridized carbons (Fsp3) is 0.462. The number of rotatable bonds is 9. The first-order valence-corrected chi connectivity index (χ1v) is 13.3. The zero-order chi connectivity index (χ0) is 24.2. The van der Waals surface area contributed by atoms with Crippen molar-refractivity contribution in [3.05, 3.63) is 68.4 Å². The molecule has 0 unspecified atom stereocenters. The quantitative estimate of drug-likeness (QED) is 0.344. The minimum Gasteiger partial charge on any atom is -0.497 e. The van der Waals surface area contributed by atoms with Crippen LogP contribution in [0, 0.1) is 0 Å². The normalized spacial score (nSPS) is 15.6. The smallest absolute Gasteiger partial charge is 0.252 e. The van der Waals surface area contributed by atoms with E-state index in [9.17, 15) is 4.79 Å². The molecule has 1 aliphatic carbocycles. The second-order valence-corrected chi connectivity index (χ2v) is 10.3. The maximum Gasteiger partial charge on any atom is 0.252 e. The molecule has 3 heterocycles. The van der Waals surface area contributed by atoms with Crippen molar-refractivity contribution in [2.45, 2.75) is 70.6 Å². The molecule has 0 spiro atoms. The number of ether oxygens (including phenoxy) is 1. The van der Waals surface area contributed by atoms with E-state index >= 15 is 0 Å². The Kier molecular flexibility index (Phi) is 7.24. The number of nitrogens with zero attached hydrogens (tertiary/aromatic N) is 5. The molecular formula is C26H32N6O2S. The highest BCUT2D eigenvalue weighted by molar-refractivity contribution is 7.09.